The number of carbonyl (C=O) groups excluding carboxylic acids is 1. The fourth-order valence-electron chi connectivity index (χ4n) is 4.04. The lowest BCUT2D eigenvalue weighted by Gasteiger charge is -2.12. The van der Waals surface area contributed by atoms with Gasteiger partial charge in [0.2, 0.25) is 5.91 Å². The molecule has 8 heteroatoms. The molecule has 182 valence electrons. The molecule has 1 amide bonds. The molecule has 5 rings (SSSR count). The van der Waals surface area contributed by atoms with Crippen molar-refractivity contribution >= 4 is 28.6 Å². The van der Waals surface area contributed by atoms with Crippen molar-refractivity contribution in [3.05, 3.63) is 102 Å². The maximum absolute atomic E-state index is 12.6. The van der Waals surface area contributed by atoms with Gasteiger partial charge < -0.3 is 15.0 Å². The first-order valence-electron chi connectivity index (χ1n) is 11.8. The lowest BCUT2D eigenvalue weighted by Crippen LogP contribution is -2.27. The molecule has 0 radical (unpaired) electrons. The van der Waals surface area contributed by atoms with E-state index in [1.165, 1.54) is 22.7 Å². The number of rotatable bonds is 10. The zero-order valence-corrected chi connectivity index (χ0v) is 20.8. The zero-order valence-electron chi connectivity index (χ0n) is 20.0. The van der Waals surface area contributed by atoms with E-state index in [1.54, 1.807) is 0 Å². The number of benzene rings is 3. The number of amides is 1. The van der Waals surface area contributed by atoms with E-state index in [4.69, 9.17) is 4.74 Å². The largest absolute Gasteiger partial charge is 0.485 e. The topological polar surface area (TPSA) is 84.8 Å². The Kier molecular flexibility index (Phi) is 7.33. The van der Waals surface area contributed by atoms with Gasteiger partial charge in [-0.1, -0.05) is 66.4 Å². The molecule has 0 saturated carbocycles. The van der Waals surface area contributed by atoms with Gasteiger partial charge >= 0.3 is 0 Å². The van der Waals surface area contributed by atoms with Gasteiger partial charge in [0, 0.05) is 29.3 Å². The standard InChI is InChI=1S/C28H27N5O2S/c1-20-9-5-8-14-25(20)35-18-26-31-32-28(33(26)22-10-3-2-4-11-22)36-19-27(34)29-16-15-21-17-30-24-13-7-6-12-23(21)24/h2-14,17,30H,15-16,18-19H2,1H3,(H,29,34). The summed E-state index contributed by atoms with van der Waals surface area (Å²) in [5.41, 5.74) is 4.29. The van der Waals surface area contributed by atoms with Crippen LogP contribution < -0.4 is 10.1 Å². The van der Waals surface area contributed by atoms with Crippen molar-refractivity contribution in [2.75, 3.05) is 12.3 Å². The smallest absolute Gasteiger partial charge is 0.230 e. The Balaban J connectivity index is 1.22. The fraction of sp³-hybridized carbons (Fsp3) is 0.179. The first kappa shape index (κ1) is 23.7. The predicted octanol–water partition coefficient (Wildman–Crippen LogP) is 5.09. The second kappa shape index (κ2) is 11.1. The van der Waals surface area contributed by atoms with E-state index >= 15 is 0 Å². The van der Waals surface area contributed by atoms with Crippen molar-refractivity contribution in [3.63, 3.8) is 0 Å². The molecule has 0 atom stereocenters. The van der Waals surface area contributed by atoms with Gasteiger partial charge in [-0.05, 0) is 48.7 Å². The molecule has 3 aromatic carbocycles. The number of H-pyrrole nitrogens is 1. The van der Waals surface area contributed by atoms with Gasteiger partial charge in [-0.3, -0.25) is 9.36 Å². The van der Waals surface area contributed by atoms with E-state index in [0.717, 1.165) is 28.9 Å². The van der Waals surface area contributed by atoms with E-state index < -0.39 is 0 Å². The minimum atomic E-state index is -0.0415. The van der Waals surface area contributed by atoms with Crippen LogP contribution in [0, 0.1) is 6.92 Å². The Bertz CT molecular complexity index is 1460. The molecule has 0 saturated heterocycles. The maximum Gasteiger partial charge on any atom is 0.230 e. The monoisotopic (exact) mass is 497 g/mol. The molecule has 36 heavy (non-hydrogen) atoms. The van der Waals surface area contributed by atoms with Gasteiger partial charge in [-0.25, -0.2) is 0 Å². The summed E-state index contributed by atoms with van der Waals surface area (Å²) < 4.78 is 7.98. The molecule has 2 aromatic heterocycles. The molecule has 7 nitrogen and oxygen atoms in total. The quantitative estimate of drug-likeness (QED) is 0.263. The zero-order chi connectivity index (χ0) is 24.7. The molecule has 2 N–H and O–H groups in total. The van der Waals surface area contributed by atoms with E-state index in [2.05, 4.69) is 32.6 Å². The van der Waals surface area contributed by atoms with Gasteiger partial charge in [0.25, 0.3) is 0 Å². The number of hydrogen-bond donors (Lipinski definition) is 2. The van der Waals surface area contributed by atoms with Crippen LogP contribution in [0.25, 0.3) is 16.6 Å². The molecule has 0 bridgehead atoms. The molecule has 5 aromatic rings. The normalized spacial score (nSPS) is 11.0. The first-order valence-corrected chi connectivity index (χ1v) is 12.8. The number of nitrogens with one attached hydrogen (secondary N) is 2. The van der Waals surface area contributed by atoms with Crippen molar-refractivity contribution in [2.45, 2.75) is 25.1 Å². The third-order valence-corrected chi connectivity index (χ3v) is 6.82. The summed E-state index contributed by atoms with van der Waals surface area (Å²) in [6.45, 7) is 2.85. The number of thioether (sulfide) groups is 1. The number of fused-ring (bicyclic) bond motifs is 1. The van der Waals surface area contributed by atoms with Crippen LogP contribution in [0.2, 0.25) is 0 Å². The highest BCUT2D eigenvalue weighted by atomic mass is 32.2. The van der Waals surface area contributed by atoms with Crippen LogP contribution in [0.1, 0.15) is 17.0 Å². The second-order valence-electron chi connectivity index (χ2n) is 8.37. The number of aromatic amines is 1. The highest BCUT2D eigenvalue weighted by Gasteiger charge is 2.17. The number of ether oxygens (including phenoxy) is 1. The predicted molar refractivity (Wildman–Crippen MR) is 143 cm³/mol. The summed E-state index contributed by atoms with van der Waals surface area (Å²) in [5, 5.41) is 13.6. The average molecular weight is 498 g/mol. The number of aromatic nitrogens is 4. The van der Waals surface area contributed by atoms with Crippen LogP contribution in [-0.4, -0.2) is 38.0 Å². The summed E-state index contributed by atoms with van der Waals surface area (Å²) in [7, 11) is 0. The average Bonchev–Trinajstić information content (AvgIpc) is 3.51. The van der Waals surface area contributed by atoms with E-state index in [-0.39, 0.29) is 18.3 Å². The van der Waals surface area contributed by atoms with E-state index in [1.807, 2.05) is 84.4 Å². The van der Waals surface area contributed by atoms with Crippen LogP contribution in [-0.2, 0) is 17.8 Å². The molecule has 0 aliphatic rings. The molecule has 2 heterocycles. The molecule has 0 fully saturated rings. The molecule has 0 aliphatic carbocycles. The third kappa shape index (κ3) is 5.44. The second-order valence-corrected chi connectivity index (χ2v) is 9.31. The summed E-state index contributed by atoms with van der Waals surface area (Å²) in [6.07, 6.45) is 2.77. The summed E-state index contributed by atoms with van der Waals surface area (Å²) >= 11 is 1.36. The number of hydrogen-bond acceptors (Lipinski definition) is 5. The molecule has 0 unspecified atom stereocenters. The summed E-state index contributed by atoms with van der Waals surface area (Å²) in [6, 6.07) is 25.9. The van der Waals surface area contributed by atoms with Crippen LogP contribution in [0.15, 0.2) is 90.2 Å². The van der Waals surface area contributed by atoms with Gasteiger partial charge in [0.05, 0.1) is 5.75 Å². The van der Waals surface area contributed by atoms with Crippen molar-refractivity contribution < 1.29 is 9.53 Å². The molecule has 0 spiro atoms. The molecular formula is C28H27N5O2S. The molecule has 0 aliphatic heterocycles. The maximum atomic E-state index is 12.6. The van der Waals surface area contributed by atoms with E-state index in [0.29, 0.717) is 17.5 Å². The number of carbonyl (C=O) groups is 1. The van der Waals surface area contributed by atoms with Gasteiger partial charge in [0.1, 0.15) is 12.4 Å². The number of aryl methyl sites for hydroxylation is 1. The Morgan fingerprint density at radius 1 is 1.00 bits per heavy atom. The lowest BCUT2D eigenvalue weighted by atomic mass is 10.1. The fourth-order valence-corrected chi connectivity index (χ4v) is 4.84. The Labute approximate surface area is 213 Å². The van der Waals surface area contributed by atoms with E-state index in [9.17, 15) is 4.79 Å². The number of nitrogens with zero attached hydrogens (tertiary/aromatic N) is 3. The lowest BCUT2D eigenvalue weighted by molar-refractivity contribution is -0.118. The van der Waals surface area contributed by atoms with Crippen LogP contribution in [0.3, 0.4) is 0 Å². The van der Waals surface area contributed by atoms with Gasteiger partial charge in [-0.2, -0.15) is 0 Å². The van der Waals surface area contributed by atoms with Crippen molar-refractivity contribution in [2.24, 2.45) is 0 Å². The summed E-state index contributed by atoms with van der Waals surface area (Å²) in [4.78, 5) is 15.9. The van der Waals surface area contributed by atoms with Crippen LogP contribution in [0.4, 0.5) is 0 Å². The highest BCUT2D eigenvalue weighted by molar-refractivity contribution is 7.99. The first-order chi connectivity index (χ1) is 17.7. The SMILES string of the molecule is Cc1ccccc1OCc1nnc(SCC(=O)NCCc2c[nH]c3ccccc23)n1-c1ccccc1. The van der Waals surface area contributed by atoms with Gasteiger partial charge in [0.15, 0.2) is 11.0 Å². The van der Waals surface area contributed by atoms with Gasteiger partial charge in [-0.15, -0.1) is 10.2 Å². The Morgan fingerprint density at radius 2 is 1.78 bits per heavy atom. The third-order valence-electron chi connectivity index (χ3n) is 5.89. The Morgan fingerprint density at radius 3 is 2.64 bits per heavy atom. The Hall–Kier alpha value is -4.04. The van der Waals surface area contributed by atoms with Crippen LogP contribution >= 0.6 is 11.8 Å². The minimum Gasteiger partial charge on any atom is -0.485 e. The number of para-hydroxylation sites is 3. The van der Waals surface area contributed by atoms with Crippen molar-refractivity contribution in [1.29, 1.82) is 0 Å². The molecular weight excluding hydrogens is 470 g/mol. The minimum absolute atomic E-state index is 0.0415. The van der Waals surface area contributed by atoms with Crippen molar-refractivity contribution in [1.82, 2.24) is 25.1 Å². The van der Waals surface area contributed by atoms with Crippen LogP contribution in [0.5, 0.6) is 5.75 Å². The summed E-state index contributed by atoms with van der Waals surface area (Å²) in [5.74, 6) is 1.69. The highest BCUT2D eigenvalue weighted by Crippen LogP contribution is 2.24. The van der Waals surface area contributed by atoms with Crippen molar-refractivity contribution in [3.8, 4) is 11.4 Å².